The lowest BCUT2D eigenvalue weighted by Gasteiger charge is -2.30. The van der Waals surface area contributed by atoms with E-state index in [1.165, 1.54) is 24.1 Å². The highest BCUT2D eigenvalue weighted by Gasteiger charge is 2.24. The van der Waals surface area contributed by atoms with Crippen LogP contribution in [0.25, 0.3) is 0 Å². The van der Waals surface area contributed by atoms with E-state index in [1.807, 2.05) is 0 Å². The molecule has 1 fully saturated rings. The van der Waals surface area contributed by atoms with E-state index in [-0.39, 0.29) is 18.0 Å². The predicted molar refractivity (Wildman–Crippen MR) is 64.1 cm³/mol. The molecular formula is C13H16FNO3. The molecule has 0 spiro atoms. The summed E-state index contributed by atoms with van der Waals surface area (Å²) >= 11 is 0. The topological polar surface area (TPSA) is 49.8 Å². The Balaban J connectivity index is 2.17. The number of nitrogens with zero attached hydrogens (tertiary/aromatic N) is 1. The second kappa shape index (κ2) is 5.35. The van der Waals surface area contributed by atoms with Gasteiger partial charge in [-0.2, -0.15) is 0 Å². The number of aliphatic hydroxyl groups excluding tert-OH is 1. The molecule has 0 saturated carbocycles. The van der Waals surface area contributed by atoms with Crippen LogP contribution in [0.5, 0.6) is 5.75 Å². The fraction of sp³-hybridized carbons (Fsp3) is 0.462. The van der Waals surface area contributed by atoms with E-state index >= 15 is 0 Å². The van der Waals surface area contributed by atoms with E-state index < -0.39 is 11.9 Å². The number of aliphatic hydroxyl groups is 1. The van der Waals surface area contributed by atoms with Crippen LogP contribution in [-0.2, 0) is 0 Å². The zero-order valence-electron chi connectivity index (χ0n) is 10.2. The fourth-order valence-corrected chi connectivity index (χ4v) is 2.11. The van der Waals surface area contributed by atoms with Crippen LogP contribution in [0.2, 0.25) is 0 Å². The second-order valence-corrected chi connectivity index (χ2v) is 4.39. The first kappa shape index (κ1) is 12.8. The summed E-state index contributed by atoms with van der Waals surface area (Å²) in [6, 6.07) is 4.15. The quantitative estimate of drug-likeness (QED) is 0.867. The normalized spacial score (nSPS) is 19.7. The van der Waals surface area contributed by atoms with Crippen LogP contribution in [0.3, 0.4) is 0 Å². The Kier molecular flexibility index (Phi) is 3.81. The van der Waals surface area contributed by atoms with E-state index in [9.17, 15) is 14.3 Å². The molecule has 1 aromatic carbocycles. The number of halogens is 1. The van der Waals surface area contributed by atoms with E-state index in [0.29, 0.717) is 18.7 Å². The Bertz CT molecular complexity index is 450. The van der Waals surface area contributed by atoms with Crippen LogP contribution < -0.4 is 4.74 Å². The summed E-state index contributed by atoms with van der Waals surface area (Å²) in [6.07, 6.45) is 0.920. The Morgan fingerprint density at radius 2 is 2.33 bits per heavy atom. The first-order valence-corrected chi connectivity index (χ1v) is 5.92. The van der Waals surface area contributed by atoms with Gasteiger partial charge in [-0.25, -0.2) is 4.39 Å². The van der Waals surface area contributed by atoms with Gasteiger partial charge >= 0.3 is 0 Å². The molecular weight excluding hydrogens is 237 g/mol. The number of methoxy groups -OCH3 is 1. The minimum Gasteiger partial charge on any atom is -0.497 e. The Morgan fingerprint density at radius 1 is 1.56 bits per heavy atom. The maximum atomic E-state index is 13.7. The van der Waals surface area contributed by atoms with Gasteiger partial charge < -0.3 is 14.7 Å². The zero-order valence-corrected chi connectivity index (χ0v) is 10.2. The van der Waals surface area contributed by atoms with Gasteiger partial charge in [0.25, 0.3) is 5.91 Å². The first-order valence-electron chi connectivity index (χ1n) is 5.92. The molecule has 1 atom stereocenters. The number of benzene rings is 1. The lowest BCUT2D eigenvalue weighted by molar-refractivity contribution is 0.0470. The third-order valence-corrected chi connectivity index (χ3v) is 3.09. The summed E-state index contributed by atoms with van der Waals surface area (Å²) in [5, 5.41) is 9.52. The first-order chi connectivity index (χ1) is 8.61. The van der Waals surface area contributed by atoms with Crippen LogP contribution in [0.1, 0.15) is 23.2 Å². The maximum absolute atomic E-state index is 13.7. The summed E-state index contributed by atoms with van der Waals surface area (Å²) in [7, 11) is 1.44. The van der Waals surface area contributed by atoms with Crippen molar-refractivity contribution in [1.82, 2.24) is 4.90 Å². The van der Waals surface area contributed by atoms with Crippen LogP contribution >= 0.6 is 0 Å². The molecule has 4 nitrogen and oxygen atoms in total. The minimum absolute atomic E-state index is 0.0184. The van der Waals surface area contributed by atoms with Crippen molar-refractivity contribution in [3.05, 3.63) is 29.6 Å². The van der Waals surface area contributed by atoms with Crippen LogP contribution in [0.4, 0.5) is 4.39 Å². The predicted octanol–water partition coefficient (Wildman–Crippen LogP) is 1.43. The van der Waals surface area contributed by atoms with Gasteiger partial charge in [-0.1, -0.05) is 0 Å². The second-order valence-electron chi connectivity index (χ2n) is 4.39. The number of hydrogen-bond donors (Lipinski definition) is 1. The fourth-order valence-electron chi connectivity index (χ4n) is 2.11. The summed E-state index contributed by atoms with van der Waals surface area (Å²) in [5.41, 5.74) is 0.0184. The average molecular weight is 253 g/mol. The lowest BCUT2D eigenvalue weighted by Crippen LogP contribution is -2.42. The number of β-amino-alcohol motifs (C(OH)–C–C–N with tert-alkyl or cyclic N) is 1. The summed E-state index contributed by atoms with van der Waals surface area (Å²) in [4.78, 5) is 13.6. The number of ether oxygens (including phenoxy) is 1. The molecule has 0 unspecified atom stereocenters. The van der Waals surface area contributed by atoms with Crippen molar-refractivity contribution >= 4 is 5.91 Å². The highest BCUT2D eigenvalue weighted by molar-refractivity contribution is 5.94. The SMILES string of the molecule is COc1ccc(C(=O)N2CCC[C@H](O)C2)c(F)c1. The van der Waals surface area contributed by atoms with Gasteiger partial charge in [-0.15, -0.1) is 0 Å². The average Bonchev–Trinajstić information content (AvgIpc) is 2.37. The Morgan fingerprint density at radius 3 is 2.94 bits per heavy atom. The molecule has 1 aliphatic heterocycles. The van der Waals surface area contributed by atoms with Gasteiger partial charge in [-0.05, 0) is 25.0 Å². The maximum Gasteiger partial charge on any atom is 0.256 e. The molecule has 0 aromatic heterocycles. The third kappa shape index (κ3) is 2.61. The van der Waals surface area contributed by atoms with Crippen LogP contribution in [0.15, 0.2) is 18.2 Å². The highest BCUT2D eigenvalue weighted by Crippen LogP contribution is 2.19. The molecule has 5 heteroatoms. The molecule has 1 aromatic rings. The van der Waals surface area contributed by atoms with Crippen LogP contribution in [0, 0.1) is 5.82 Å². The van der Waals surface area contributed by atoms with Gasteiger partial charge in [0.2, 0.25) is 0 Å². The number of piperidine rings is 1. The Labute approximate surface area is 105 Å². The number of likely N-dealkylation sites (tertiary alicyclic amines) is 1. The largest absolute Gasteiger partial charge is 0.497 e. The number of hydrogen-bond acceptors (Lipinski definition) is 3. The molecule has 98 valence electrons. The molecule has 1 saturated heterocycles. The summed E-state index contributed by atoms with van der Waals surface area (Å²) in [6.45, 7) is 0.825. The zero-order chi connectivity index (χ0) is 13.1. The number of carbonyl (C=O) groups excluding carboxylic acids is 1. The smallest absolute Gasteiger partial charge is 0.256 e. The van der Waals surface area contributed by atoms with E-state index in [1.54, 1.807) is 6.07 Å². The summed E-state index contributed by atoms with van der Waals surface area (Å²) < 4.78 is 18.6. The molecule has 1 heterocycles. The molecule has 1 N–H and O–H groups in total. The number of carbonyl (C=O) groups is 1. The minimum atomic E-state index is -0.598. The monoisotopic (exact) mass is 253 g/mol. The van der Waals surface area contributed by atoms with Crippen LogP contribution in [-0.4, -0.2) is 42.2 Å². The van der Waals surface area contributed by atoms with Gasteiger partial charge in [0.15, 0.2) is 0 Å². The third-order valence-electron chi connectivity index (χ3n) is 3.09. The Hall–Kier alpha value is -1.62. The number of rotatable bonds is 2. The van der Waals surface area contributed by atoms with Crippen molar-refractivity contribution in [2.45, 2.75) is 18.9 Å². The van der Waals surface area contributed by atoms with E-state index in [2.05, 4.69) is 0 Å². The molecule has 1 aliphatic rings. The van der Waals surface area contributed by atoms with Crippen molar-refractivity contribution in [3.8, 4) is 5.75 Å². The van der Waals surface area contributed by atoms with Gasteiger partial charge in [0, 0.05) is 19.2 Å². The van der Waals surface area contributed by atoms with Crippen molar-refractivity contribution in [2.75, 3.05) is 20.2 Å². The van der Waals surface area contributed by atoms with Crippen molar-refractivity contribution in [2.24, 2.45) is 0 Å². The van der Waals surface area contributed by atoms with Crippen molar-refractivity contribution in [1.29, 1.82) is 0 Å². The summed E-state index contributed by atoms with van der Waals surface area (Å²) in [5.74, 6) is -0.601. The van der Waals surface area contributed by atoms with Crippen molar-refractivity contribution in [3.63, 3.8) is 0 Å². The van der Waals surface area contributed by atoms with E-state index in [4.69, 9.17) is 4.74 Å². The van der Waals surface area contributed by atoms with E-state index in [0.717, 1.165) is 6.42 Å². The molecule has 18 heavy (non-hydrogen) atoms. The van der Waals surface area contributed by atoms with Gasteiger partial charge in [0.1, 0.15) is 11.6 Å². The van der Waals surface area contributed by atoms with Crippen molar-refractivity contribution < 1.29 is 19.0 Å². The van der Waals surface area contributed by atoms with Gasteiger partial charge in [-0.3, -0.25) is 4.79 Å². The number of amides is 1. The highest BCUT2D eigenvalue weighted by atomic mass is 19.1. The molecule has 1 amide bonds. The standard InChI is InChI=1S/C13H16FNO3/c1-18-10-4-5-11(12(14)7-10)13(17)15-6-2-3-9(16)8-15/h4-5,7,9,16H,2-3,6,8H2,1H3/t9-/m0/s1. The molecule has 2 rings (SSSR count). The molecule has 0 aliphatic carbocycles. The lowest BCUT2D eigenvalue weighted by atomic mass is 10.1. The molecule has 0 radical (unpaired) electrons. The van der Waals surface area contributed by atoms with Gasteiger partial charge in [0.05, 0.1) is 18.8 Å². The molecule has 0 bridgehead atoms.